The van der Waals surface area contributed by atoms with Crippen LogP contribution in [0, 0.1) is 0 Å². The molecule has 1 saturated heterocycles. The molecule has 1 aromatic heterocycles. The van der Waals surface area contributed by atoms with Crippen LogP contribution in [-0.4, -0.2) is 52.1 Å². The molecule has 0 spiro atoms. The first-order chi connectivity index (χ1) is 22.9. The zero-order valence-electron chi connectivity index (χ0n) is 25.3. The number of carbonyl (C=O) groups is 3. The van der Waals surface area contributed by atoms with E-state index in [-0.39, 0.29) is 37.1 Å². The highest BCUT2D eigenvalue weighted by Gasteiger charge is 2.54. The second-order valence-corrected chi connectivity index (χ2v) is 13.4. The predicted molar refractivity (Wildman–Crippen MR) is 180 cm³/mol. The van der Waals surface area contributed by atoms with Crippen molar-refractivity contribution < 1.29 is 33.4 Å². The number of esters is 1. The molecule has 0 radical (unpaired) electrons. The van der Waals surface area contributed by atoms with Gasteiger partial charge in [-0.25, -0.2) is 4.79 Å². The van der Waals surface area contributed by atoms with E-state index >= 15 is 0 Å². The van der Waals surface area contributed by atoms with Crippen molar-refractivity contribution in [3.8, 4) is 5.75 Å². The molecule has 2 atom stereocenters. The first-order valence-corrected chi connectivity index (χ1v) is 16.8. The zero-order chi connectivity index (χ0) is 32.5. The number of hydrogen-bond acceptors (Lipinski definition) is 9. The highest BCUT2D eigenvalue weighted by Crippen LogP contribution is 2.46. The highest BCUT2D eigenvalue weighted by molar-refractivity contribution is 8.06. The molecule has 238 valence electrons. The monoisotopic (exact) mass is 666 g/mol. The summed E-state index contributed by atoms with van der Waals surface area (Å²) in [5, 5.41) is 13.9. The number of nitrogens with zero attached hydrogens (tertiary/aromatic N) is 1. The summed E-state index contributed by atoms with van der Waals surface area (Å²) in [7, 11) is 1.58. The fraction of sp³-hybridized carbons (Fsp3) is 0.194. The summed E-state index contributed by atoms with van der Waals surface area (Å²) in [6, 6.07) is 27.3. The second kappa shape index (κ2) is 13.2. The lowest BCUT2D eigenvalue weighted by Crippen LogP contribution is -2.70. The van der Waals surface area contributed by atoms with E-state index in [1.54, 1.807) is 19.2 Å². The SMILES string of the molecule is COc1ccc(COC(=O)C2=C(Sc3ccc4c(c3)oc3cc(CO)ccc34)CS[C@H]3[C@H](NC(=O)Cc4ccccc4)C(=O)N23)cc1. The van der Waals surface area contributed by atoms with Gasteiger partial charge in [-0.3, -0.25) is 14.5 Å². The van der Waals surface area contributed by atoms with Crippen LogP contribution in [0.15, 0.2) is 111 Å². The lowest BCUT2D eigenvalue weighted by molar-refractivity contribution is -0.153. The van der Waals surface area contributed by atoms with Crippen LogP contribution in [0.1, 0.15) is 16.7 Å². The van der Waals surface area contributed by atoms with E-state index < -0.39 is 17.4 Å². The number of nitrogens with one attached hydrogen (secondary N) is 1. The molecule has 5 aromatic rings. The van der Waals surface area contributed by atoms with E-state index in [0.717, 1.165) is 32.4 Å². The summed E-state index contributed by atoms with van der Waals surface area (Å²) < 4.78 is 17.1. The predicted octanol–water partition coefficient (Wildman–Crippen LogP) is 5.78. The van der Waals surface area contributed by atoms with E-state index in [2.05, 4.69) is 5.32 Å². The van der Waals surface area contributed by atoms with Gasteiger partial charge in [0.05, 0.1) is 20.1 Å². The van der Waals surface area contributed by atoms with Crippen LogP contribution in [0.3, 0.4) is 0 Å². The molecule has 4 aromatic carbocycles. The minimum absolute atomic E-state index is 0.0160. The lowest BCUT2D eigenvalue weighted by Gasteiger charge is -2.49. The molecule has 9 nitrogen and oxygen atoms in total. The van der Waals surface area contributed by atoms with E-state index in [1.165, 1.54) is 28.4 Å². The summed E-state index contributed by atoms with van der Waals surface area (Å²) in [6.07, 6.45) is 0.154. The molecule has 2 N–H and O–H groups in total. The largest absolute Gasteiger partial charge is 0.497 e. The van der Waals surface area contributed by atoms with Gasteiger partial charge in [0.2, 0.25) is 5.91 Å². The van der Waals surface area contributed by atoms with Crippen LogP contribution in [0.4, 0.5) is 0 Å². The maximum atomic E-state index is 13.7. The summed E-state index contributed by atoms with van der Waals surface area (Å²) in [6.45, 7) is -0.0623. The number of fused-ring (bicyclic) bond motifs is 4. The molecule has 0 unspecified atom stereocenters. The normalized spacial score (nSPS) is 17.4. The molecule has 3 heterocycles. The molecule has 1 fully saturated rings. The molecule has 0 bridgehead atoms. The van der Waals surface area contributed by atoms with E-state index in [0.29, 0.717) is 27.6 Å². The number of carbonyl (C=O) groups excluding carboxylic acids is 3. The van der Waals surface area contributed by atoms with Gasteiger partial charge in [-0.1, -0.05) is 66.4 Å². The lowest BCUT2D eigenvalue weighted by atomic mass is 10.0. The second-order valence-electron chi connectivity index (χ2n) is 11.2. The van der Waals surface area contributed by atoms with Crippen LogP contribution in [-0.2, 0) is 38.8 Å². The topological polar surface area (TPSA) is 118 Å². The standard InChI is InChI=1S/C36H30N2O7S2/c1-43-24-10-7-22(8-11-24)19-44-36(42)33-30(47-25-12-14-27-26-13-9-23(18-39)15-28(26)45-29(27)17-25)20-46-35-32(34(41)38(33)35)37-31(40)16-21-5-3-2-4-6-21/h2-15,17,32,35,39H,16,18-20H2,1H3,(H,37,40)/t32-,35+/m1/s1. The maximum Gasteiger partial charge on any atom is 0.356 e. The number of methoxy groups -OCH3 is 1. The Bertz CT molecular complexity index is 2020. The molecular formula is C36H30N2O7S2. The first kappa shape index (κ1) is 30.9. The molecule has 0 aliphatic carbocycles. The number of rotatable bonds is 10. The molecular weight excluding hydrogens is 637 g/mol. The van der Waals surface area contributed by atoms with Crippen LogP contribution in [0.5, 0.6) is 5.75 Å². The van der Waals surface area contributed by atoms with Crippen molar-refractivity contribution in [2.75, 3.05) is 12.9 Å². The summed E-state index contributed by atoms with van der Waals surface area (Å²) in [5.74, 6) is -0.0963. The van der Waals surface area contributed by atoms with E-state index in [4.69, 9.17) is 13.9 Å². The molecule has 11 heteroatoms. The van der Waals surface area contributed by atoms with Gasteiger partial charge in [0.1, 0.15) is 40.6 Å². The van der Waals surface area contributed by atoms with Crippen molar-refractivity contribution >= 4 is 63.2 Å². The Morgan fingerprint density at radius 1 is 0.957 bits per heavy atom. The van der Waals surface area contributed by atoms with Crippen molar-refractivity contribution in [3.63, 3.8) is 0 Å². The minimum Gasteiger partial charge on any atom is -0.497 e. The molecule has 0 saturated carbocycles. The molecule has 47 heavy (non-hydrogen) atoms. The third kappa shape index (κ3) is 6.21. The van der Waals surface area contributed by atoms with Gasteiger partial charge in [-0.15, -0.1) is 11.8 Å². The summed E-state index contributed by atoms with van der Waals surface area (Å²) in [4.78, 5) is 43.1. The van der Waals surface area contributed by atoms with E-state index in [1.807, 2.05) is 78.9 Å². The van der Waals surface area contributed by atoms with Crippen LogP contribution in [0.2, 0.25) is 0 Å². The number of hydrogen-bond donors (Lipinski definition) is 2. The number of β-lactam (4-membered cyclic amide) rings is 1. The Kier molecular flexibility index (Phi) is 8.68. The van der Waals surface area contributed by atoms with Gasteiger partial charge in [0.25, 0.3) is 5.91 Å². The Balaban J connectivity index is 1.15. The molecule has 2 aliphatic heterocycles. The Morgan fingerprint density at radius 2 is 1.68 bits per heavy atom. The number of ether oxygens (including phenoxy) is 2. The number of thioether (sulfide) groups is 2. The van der Waals surface area contributed by atoms with Crippen molar-refractivity contribution in [1.82, 2.24) is 10.2 Å². The summed E-state index contributed by atoms with van der Waals surface area (Å²) in [5.41, 5.74) is 3.92. The van der Waals surface area contributed by atoms with Crippen LogP contribution < -0.4 is 10.1 Å². The Labute approximate surface area is 278 Å². The maximum absolute atomic E-state index is 13.7. The Morgan fingerprint density at radius 3 is 2.43 bits per heavy atom. The highest BCUT2D eigenvalue weighted by atomic mass is 32.2. The van der Waals surface area contributed by atoms with Gasteiger partial charge >= 0.3 is 5.97 Å². The number of benzene rings is 4. The minimum atomic E-state index is -0.747. The summed E-state index contributed by atoms with van der Waals surface area (Å²) >= 11 is 2.87. The van der Waals surface area contributed by atoms with Gasteiger partial charge in [-0.2, -0.15) is 0 Å². The van der Waals surface area contributed by atoms with Crippen molar-refractivity contribution in [2.45, 2.75) is 35.9 Å². The average Bonchev–Trinajstić information content (AvgIpc) is 3.46. The van der Waals surface area contributed by atoms with Crippen LogP contribution in [0.25, 0.3) is 21.9 Å². The fourth-order valence-electron chi connectivity index (χ4n) is 5.71. The van der Waals surface area contributed by atoms with Crippen molar-refractivity contribution in [3.05, 3.63) is 118 Å². The number of furan rings is 1. The third-order valence-electron chi connectivity index (χ3n) is 8.11. The smallest absolute Gasteiger partial charge is 0.356 e. The average molecular weight is 667 g/mol. The molecule has 2 aliphatic rings. The zero-order valence-corrected chi connectivity index (χ0v) is 26.9. The van der Waals surface area contributed by atoms with Gasteiger partial charge in [-0.05, 0) is 53.1 Å². The number of aliphatic hydroxyl groups excluding tert-OH is 1. The van der Waals surface area contributed by atoms with Crippen LogP contribution >= 0.6 is 23.5 Å². The molecule has 2 amide bonds. The van der Waals surface area contributed by atoms with Crippen molar-refractivity contribution in [2.24, 2.45) is 0 Å². The molecule has 7 rings (SSSR count). The first-order valence-electron chi connectivity index (χ1n) is 15.0. The van der Waals surface area contributed by atoms with Gasteiger partial charge in [0, 0.05) is 26.3 Å². The number of aliphatic hydroxyl groups is 1. The van der Waals surface area contributed by atoms with E-state index in [9.17, 15) is 19.5 Å². The van der Waals surface area contributed by atoms with Crippen molar-refractivity contribution in [1.29, 1.82) is 0 Å². The fourth-order valence-corrected chi connectivity index (χ4v) is 8.21. The number of amides is 2. The van der Waals surface area contributed by atoms with Gasteiger partial charge in [0.15, 0.2) is 0 Å². The van der Waals surface area contributed by atoms with Gasteiger partial charge < -0.3 is 24.3 Å². The third-order valence-corrected chi connectivity index (χ3v) is 10.6. The quantitative estimate of drug-likeness (QED) is 0.141. The Hall–Kier alpha value is -4.71.